The monoisotopic (exact) mass is 260 g/mol. The zero-order valence-corrected chi connectivity index (χ0v) is 9.90. The van der Waals surface area contributed by atoms with Crippen LogP contribution in [0.1, 0.15) is 6.42 Å². The molecule has 0 spiro atoms. The molecule has 2 aromatic rings. The Hall–Kier alpha value is -2.55. The quantitative estimate of drug-likeness (QED) is 0.858. The Balaban J connectivity index is 2.13. The van der Waals surface area contributed by atoms with Crippen LogP contribution >= 0.6 is 0 Å². The van der Waals surface area contributed by atoms with Crippen LogP contribution in [0.15, 0.2) is 30.6 Å². The third-order valence-corrected chi connectivity index (χ3v) is 2.42. The summed E-state index contributed by atoms with van der Waals surface area (Å²) >= 11 is 0. The van der Waals surface area contributed by atoms with Gasteiger partial charge < -0.3 is 5.32 Å². The van der Waals surface area contributed by atoms with E-state index in [2.05, 4.69) is 15.3 Å². The molecule has 4 nitrogen and oxygen atoms in total. The van der Waals surface area contributed by atoms with E-state index >= 15 is 0 Å². The minimum atomic E-state index is -0.909. The van der Waals surface area contributed by atoms with Crippen LogP contribution in [0.25, 0.3) is 11.1 Å². The molecule has 1 aromatic carbocycles. The predicted molar refractivity (Wildman–Crippen MR) is 66.1 cm³/mol. The number of nitrogens with one attached hydrogen (secondary N) is 1. The van der Waals surface area contributed by atoms with Crippen LogP contribution in [-0.4, -0.2) is 16.5 Å². The van der Waals surface area contributed by atoms with Crippen molar-refractivity contribution in [1.29, 1.82) is 5.26 Å². The average Bonchev–Trinajstić information content (AvgIpc) is 2.43. The Kier molecular flexibility index (Phi) is 3.98. The molecule has 1 heterocycles. The molecule has 1 aromatic heterocycles. The van der Waals surface area contributed by atoms with Crippen molar-refractivity contribution in [2.24, 2.45) is 0 Å². The highest BCUT2D eigenvalue weighted by Gasteiger charge is 2.05. The molecule has 0 atom stereocenters. The second-order valence-corrected chi connectivity index (χ2v) is 3.76. The molecule has 0 radical (unpaired) electrons. The largest absolute Gasteiger partial charge is 0.353 e. The Bertz CT molecular complexity index is 605. The minimum absolute atomic E-state index is 0.355. The van der Waals surface area contributed by atoms with Gasteiger partial charge in [-0.15, -0.1) is 0 Å². The first-order valence-corrected chi connectivity index (χ1v) is 5.59. The summed E-state index contributed by atoms with van der Waals surface area (Å²) in [6, 6.07) is 5.60. The van der Waals surface area contributed by atoms with E-state index in [0.717, 1.165) is 12.1 Å². The number of nitrogens with zero attached hydrogens (tertiary/aromatic N) is 3. The predicted octanol–water partition coefficient (Wildman–Crippen LogP) is 2.75. The number of aromatic nitrogens is 2. The van der Waals surface area contributed by atoms with Crippen molar-refractivity contribution in [2.45, 2.75) is 6.42 Å². The van der Waals surface area contributed by atoms with Crippen molar-refractivity contribution in [2.75, 3.05) is 11.9 Å². The number of hydrogen-bond acceptors (Lipinski definition) is 4. The Morgan fingerprint density at radius 1 is 1.11 bits per heavy atom. The molecule has 19 heavy (non-hydrogen) atoms. The summed E-state index contributed by atoms with van der Waals surface area (Å²) in [6.45, 7) is 0.459. The lowest BCUT2D eigenvalue weighted by atomic mass is 10.1. The van der Waals surface area contributed by atoms with Crippen molar-refractivity contribution in [3.63, 3.8) is 0 Å². The van der Waals surface area contributed by atoms with E-state index in [1.165, 1.54) is 18.5 Å². The summed E-state index contributed by atoms with van der Waals surface area (Å²) in [6.07, 6.45) is 3.37. The molecule has 0 saturated heterocycles. The SMILES string of the molecule is N#CCCNc1ncc(-c2ccc(F)c(F)c2)cn1. The second-order valence-electron chi connectivity index (χ2n) is 3.76. The van der Waals surface area contributed by atoms with Crippen molar-refractivity contribution in [1.82, 2.24) is 9.97 Å². The first kappa shape index (κ1) is 12.9. The van der Waals surface area contributed by atoms with Crippen LogP contribution in [-0.2, 0) is 0 Å². The summed E-state index contributed by atoms with van der Waals surface area (Å²) in [7, 11) is 0. The molecule has 0 unspecified atom stereocenters. The van der Waals surface area contributed by atoms with E-state index in [-0.39, 0.29) is 0 Å². The summed E-state index contributed by atoms with van der Waals surface area (Å²) < 4.78 is 25.9. The van der Waals surface area contributed by atoms with Gasteiger partial charge in [0.05, 0.1) is 12.5 Å². The fourth-order valence-electron chi connectivity index (χ4n) is 1.47. The van der Waals surface area contributed by atoms with Crippen LogP contribution in [0, 0.1) is 23.0 Å². The number of benzene rings is 1. The van der Waals surface area contributed by atoms with E-state index in [9.17, 15) is 8.78 Å². The highest BCUT2D eigenvalue weighted by Crippen LogP contribution is 2.20. The molecule has 6 heteroatoms. The van der Waals surface area contributed by atoms with Gasteiger partial charge in [0.15, 0.2) is 11.6 Å². The maximum Gasteiger partial charge on any atom is 0.222 e. The van der Waals surface area contributed by atoms with Crippen molar-refractivity contribution in [3.8, 4) is 17.2 Å². The summed E-state index contributed by atoms with van der Waals surface area (Å²) in [4.78, 5) is 8.06. The van der Waals surface area contributed by atoms with E-state index < -0.39 is 11.6 Å². The van der Waals surface area contributed by atoms with Gasteiger partial charge >= 0.3 is 0 Å². The summed E-state index contributed by atoms with van der Waals surface area (Å²) in [5.41, 5.74) is 1.09. The van der Waals surface area contributed by atoms with Crippen LogP contribution in [0.3, 0.4) is 0 Å². The van der Waals surface area contributed by atoms with E-state index in [0.29, 0.717) is 30.0 Å². The average molecular weight is 260 g/mol. The lowest BCUT2D eigenvalue weighted by Crippen LogP contribution is -2.04. The smallest absolute Gasteiger partial charge is 0.222 e. The fourth-order valence-corrected chi connectivity index (χ4v) is 1.47. The topological polar surface area (TPSA) is 61.6 Å². The fraction of sp³-hybridized carbons (Fsp3) is 0.154. The first-order valence-electron chi connectivity index (χ1n) is 5.59. The number of nitriles is 1. The lowest BCUT2D eigenvalue weighted by molar-refractivity contribution is 0.509. The van der Waals surface area contributed by atoms with Crippen LogP contribution in [0.4, 0.5) is 14.7 Å². The molecule has 0 fully saturated rings. The van der Waals surface area contributed by atoms with Crippen molar-refractivity contribution >= 4 is 5.95 Å². The van der Waals surface area contributed by atoms with E-state index in [1.54, 1.807) is 0 Å². The standard InChI is InChI=1S/C13H10F2N4/c14-11-3-2-9(6-12(11)15)10-7-18-13(19-8-10)17-5-1-4-16/h2-3,6-8H,1,5H2,(H,17,18,19). The van der Waals surface area contributed by atoms with Crippen molar-refractivity contribution < 1.29 is 8.78 Å². The number of anilines is 1. The second kappa shape index (κ2) is 5.87. The number of halogens is 2. The lowest BCUT2D eigenvalue weighted by Gasteiger charge is -2.04. The Morgan fingerprint density at radius 2 is 1.84 bits per heavy atom. The van der Waals surface area contributed by atoms with Gasteiger partial charge in [0.25, 0.3) is 0 Å². The van der Waals surface area contributed by atoms with Gasteiger partial charge in [-0.05, 0) is 17.7 Å². The third kappa shape index (κ3) is 3.22. The normalized spacial score (nSPS) is 9.95. The highest BCUT2D eigenvalue weighted by atomic mass is 19.2. The molecule has 0 aliphatic rings. The van der Waals surface area contributed by atoms with E-state index in [4.69, 9.17) is 5.26 Å². The number of hydrogen-bond donors (Lipinski definition) is 1. The van der Waals surface area contributed by atoms with Gasteiger partial charge in [0.2, 0.25) is 5.95 Å². The molecule has 1 N–H and O–H groups in total. The maximum absolute atomic E-state index is 13.1. The zero-order valence-electron chi connectivity index (χ0n) is 9.90. The molecular formula is C13H10F2N4. The molecule has 2 rings (SSSR count). The Labute approximate surface area is 108 Å². The first-order chi connectivity index (χ1) is 9.20. The Morgan fingerprint density at radius 3 is 2.47 bits per heavy atom. The van der Waals surface area contributed by atoms with Crippen LogP contribution in [0.5, 0.6) is 0 Å². The van der Waals surface area contributed by atoms with Gasteiger partial charge in [-0.25, -0.2) is 18.7 Å². The minimum Gasteiger partial charge on any atom is -0.353 e. The zero-order chi connectivity index (χ0) is 13.7. The molecule has 0 aliphatic heterocycles. The molecule has 0 amide bonds. The van der Waals surface area contributed by atoms with E-state index in [1.807, 2.05) is 6.07 Å². The van der Waals surface area contributed by atoms with Gasteiger partial charge in [0, 0.05) is 24.5 Å². The summed E-state index contributed by atoms with van der Waals surface area (Å²) in [5, 5.41) is 11.3. The molecule has 0 saturated carbocycles. The van der Waals surface area contributed by atoms with Gasteiger partial charge in [-0.3, -0.25) is 0 Å². The van der Waals surface area contributed by atoms with Gasteiger partial charge in [-0.1, -0.05) is 6.07 Å². The molecule has 0 aliphatic carbocycles. The molecular weight excluding hydrogens is 250 g/mol. The summed E-state index contributed by atoms with van der Waals surface area (Å²) in [5.74, 6) is -1.41. The van der Waals surface area contributed by atoms with Gasteiger partial charge in [-0.2, -0.15) is 5.26 Å². The van der Waals surface area contributed by atoms with Crippen LogP contribution < -0.4 is 5.32 Å². The van der Waals surface area contributed by atoms with Crippen LogP contribution in [0.2, 0.25) is 0 Å². The molecule has 0 bridgehead atoms. The number of rotatable bonds is 4. The maximum atomic E-state index is 13.1. The third-order valence-electron chi connectivity index (χ3n) is 2.42. The van der Waals surface area contributed by atoms with Gasteiger partial charge in [0.1, 0.15) is 0 Å². The van der Waals surface area contributed by atoms with Crippen molar-refractivity contribution in [3.05, 3.63) is 42.2 Å². The highest BCUT2D eigenvalue weighted by molar-refractivity contribution is 5.61. The molecule has 96 valence electrons.